The molecule has 1 unspecified atom stereocenters. The Kier molecular flexibility index (Phi) is 6.46. The SMILES string of the molecule is CNC(=O)c1c(-c2ccc(F)cc2)oc2cc(N(C)S(C)(=O)=O)c(-c3cccc(C4CN5C=CN=CC5=N4)c3)cc12. The van der Waals surface area contributed by atoms with E-state index in [1.807, 2.05) is 35.4 Å². The van der Waals surface area contributed by atoms with E-state index < -0.39 is 15.8 Å². The van der Waals surface area contributed by atoms with Crippen LogP contribution in [0, 0.1) is 5.82 Å². The maximum absolute atomic E-state index is 13.7. The van der Waals surface area contributed by atoms with Gasteiger partial charge in [-0.2, -0.15) is 0 Å². The number of amidine groups is 1. The summed E-state index contributed by atoms with van der Waals surface area (Å²) in [6.45, 7) is 0.653. The van der Waals surface area contributed by atoms with Crippen molar-refractivity contribution in [3.8, 4) is 22.5 Å². The van der Waals surface area contributed by atoms with Crippen LogP contribution in [0.4, 0.5) is 10.1 Å². The van der Waals surface area contributed by atoms with Crippen LogP contribution < -0.4 is 9.62 Å². The van der Waals surface area contributed by atoms with E-state index in [1.165, 1.54) is 42.7 Å². The number of fused-ring (bicyclic) bond motifs is 2. The monoisotopic (exact) mass is 571 g/mol. The molecule has 3 heterocycles. The van der Waals surface area contributed by atoms with E-state index in [0.717, 1.165) is 23.2 Å². The van der Waals surface area contributed by atoms with Gasteiger partial charge < -0.3 is 14.6 Å². The minimum absolute atomic E-state index is 0.139. The Labute approximate surface area is 236 Å². The highest BCUT2D eigenvalue weighted by Crippen LogP contribution is 2.42. The number of rotatable bonds is 6. The molecule has 1 amide bonds. The smallest absolute Gasteiger partial charge is 0.255 e. The minimum atomic E-state index is -3.66. The molecule has 208 valence electrons. The molecule has 0 fully saturated rings. The number of anilines is 1. The van der Waals surface area contributed by atoms with Crippen LogP contribution in [0.5, 0.6) is 0 Å². The average molecular weight is 572 g/mol. The topological polar surface area (TPSA) is 108 Å². The maximum Gasteiger partial charge on any atom is 0.255 e. The zero-order valence-electron chi connectivity index (χ0n) is 22.5. The number of halogens is 1. The number of hydrogen-bond donors (Lipinski definition) is 1. The number of aliphatic imine (C=N–C) groups is 2. The summed E-state index contributed by atoms with van der Waals surface area (Å²) in [6, 6.07) is 16.6. The second kappa shape index (κ2) is 10.0. The number of amides is 1. The fraction of sp³-hybridized carbons (Fsp3) is 0.167. The first-order valence-electron chi connectivity index (χ1n) is 12.8. The molecule has 0 saturated carbocycles. The summed E-state index contributed by atoms with van der Waals surface area (Å²) in [6.07, 6.45) is 6.44. The Morgan fingerprint density at radius 1 is 1.12 bits per heavy atom. The molecule has 11 heteroatoms. The molecule has 1 aromatic heterocycles. The Balaban J connectivity index is 1.56. The highest BCUT2D eigenvalue weighted by molar-refractivity contribution is 7.92. The molecular formula is C30H26FN5O4S. The summed E-state index contributed by atoms with van der Waals surface area (Å²) in [5.41, 5.74) is 3.77. The molecule has 0 bridgehead atoms. The summed E-state index contributed by atoms with van der Waals surface area (Å²) in [5.74, 6) is 0.229. The highest BCUT2D eigenvalue weighted by atomic mass is 32.2. The van der Waals surface area contributed by atoms with Crippen LogP contribution in [-0.2, 0) is 10.0 Å². The average Bonchev–Trinajstić information content (AvgIpc) is 3.57. The van der Waals surface area contributed by atoms with Gasteiger partial charge in [0, 0.05) is 49.1 Å². The van der Waals surface area contributed by atoms with Gasteiger partial charge in [-0.25, -0.2) is 12.8 Å². The summed E-state index contributed by atoms with van der Waals surface area (Å²) in [5, 5.41) is 3.15. The van der Waals surface area contributed by atoms with E-state index in [0.29, 0.717) is 34.3 Å². The predicted molar refractivity (Wildman–Crippen MR) is 158 cm³/mol. The lowest BCUT2D eigenvalue weighted by atomic mass is 9.96. The molecule has 1 N–H and O–H groups in total. The second-order valence-electron chi connectivity index (χ2n) is 9.85. The van der Waals surface area contributed by atoms with Gasteiger partial charge in [0.15, 0.2) is 0 Å². The fourth-order valence-corrected chi connectivity index (χ4v) is 5.59. The highest BCUT2D eigenvalue weighted by Gasteiger charge is 2.28. The number of nitrogens with one attached hydrogen (secondary N) is 1. The molecule has 2 aliphatic heterocycles. The van der Waals surface area contributed by atoms with Crippen LogP contribution >= 0.6 is 0 Å². The van der Waals surface area contributed by atoms with E-state index in [2.05, 4.69) is 10.3 Å². The number of hydrogen-bond acceptors (Lipinski definition) is 7. The van der Waals surface area contributed by atoms with Crippen LogP contribution in [0.3, 0.4) is 0 Å². The van der Waals surface area contributed by atoms with Crippen molar-refractivity contribution in [1.82, 2.24) is 10.2 Å². The van der Waals surface area contributed by atoms with Crippen LogP contribution in [0.1, 0.15) is 22.0 Å². The summed E-state index contributed by atoms with van der Waals surface area (Å²) < 4.78 is 46.4. The molecule has 0 radical (unpaired) electrons. The van der Waals surface area contributed by atoms with Gasteiger partial charge >= 0.3 is 0 Å². The molecule has 2 aliphatic rings. The number of sulfonamides is 1. The van der Waals surface area contributed by atoms with Crippen LogP contribution in [-0.4, -0.2) is 58.2 Å². The normalized spacial score (nSPS) is 16.1. The lowest BCUT2D eigenvalue weighted by Crippen LogP contribution is -2.25. The van der Waals surface area contributed by atoms with Crippen molar-refractivity contribution in [3.63, 3.8) is 0 Å². The molecule has 1 atom stereocenters. The zero-order valence-corrected chi connectivity index (χ0v) is 23.3. The van der Waals surface area contributed by atoms with Gasteiger partial charge in [-0.3, -0.25) is 19.1 Å². The Morgan fingerprint density at radius 2 is 1.90 bits per heavy atom. The lowest BCUT2D eigenvalue weighted by molar-refractivity contribution is 0.0964. The van der Waals surface area contributed by atoms with E-state index in [4.69, 9.17) is 9.41 Å². The van der Waals surface area contributed by atoms with Crippen molar-refractivity contribution in [3.05, 3.63) is 90.0 Å². The Bertz CT molecular complexity index is 1890. The second-order valence-corrected chi connectivity index (χ2v) is 11.9. The molecule has 0 aliphatic carbocycles. The number of carbonyl (C=O) groups excluding carboxylic acids is 1. The van der Waals surface area contributed by atoms with Crippen LogP contribution in [0.15, 0.2) is 87.5 Å². The molecular weight excluding hydrogens is 545 g/mol. The van der Waals surface area contributed by atoms with E-state index in [-0.39, 0.29) is 23.3 Å². The van der Waals surface area contributed by atoms with Gasteiger partial charge in [-0.05, 0) is 47.5 Å². The molecule has 0 saturated heterocycles. The predicted octanol–water partition coefficient (Wildman–Crippen LogP) is 4.97. The number of benzene rings is 3. The summed E-state index contributed by atoms with van der Waals surface area (Å²) in [4.78, 5) is 24.1. The van der Waals surface area contributed by atoms with Crippen molar-refractivity contribution in [1.29, 1.82) is 0 Å². The van der Waals surface area contributed by atoms with Gasteiger partial charge in [-0.1, -0.05) is 18.2 Å². The quantitative estimate of drug-likeness (QED) is 0.352. The molecule has 9 nitrogen and oxygen atoms in total. The van der Waals surface area contributed by atoms with Crippen molar-refractivity contribution >= 4 is 44.6 Å². The van der Waals surface area contributed by atoms with Gasteiger partial charge in [0.1, 0.15) is 23.0 Å². The van der Waals surface area contributed by atoms with Crippen molar-refractivity contribution < 1.29 is 22.0 Å². The van der Waals surface area contributed by atoms with Crippen molar-refractivity contribution in [2.45, 2.75) is 6.04 Å². The number of furan rings is 1. The first-order valence-corrected chi connectivity index (χ1v) is 14.7. The summed E-state index contributed by atoms with van der Waals surface area (Å²) >= 11 is 0. The van der Waals surface area contributed by atoms with E-state index in [1.54, 1.807) is 24.5 Å². The maximum atomic E-state index is 13.7. The number of carbonyl (C=O) groups is 1. The van der Waals surface area contributed by atoms with Crippen molar-refractivity contribution in [2.24, 2.45) is 9.98 Å². The zero-order chi connectivity index (χ0) is 28.9. The third-order valence-corrected chi connectivity index (χ3v) is 8.45. The molecule has 4 aromatic rings. The molecule has 0 spiro atoms. The van der Waals surface area contributed by atoms with Crippen LogP contribution in [0.25, 0.3) is 33.4 Å². The lowest BCUT2D eigenvalue weighted by Gasteiger charge is -2.21. The molecule has 6 rings (SSSR count). The largest absolute Gasteiger partial charge is 0.455 e. The standard InChI is InChI=1S/C30H26FN5O4S/c1-32-30(37)28-23-14-22(19-5-4-6-20(13-19)24-17-36-12-11-33-16-27(36)34-24)25(35(2)41(3,38)39)15-26(23)40-29(28)18-7-9-21(31)10-8-18/h4-16,24H,17H2,1-3H3,(H,32,37). The van der Waals surface area contributed by atoms with E-state index >= 15 is 0 Å². The minimum Gasteiger partial charge on any atom is -0.455 e. The van der Waals surface area contributed by atoms with Gasteiger partial charge in [-0.15, -0.1) is 0 Å². The first-order chi connectivity index (χ1) is 19.6. The van der Waals surface area contributed by atoms with Crippen LogP contribution in [0.2, 0.25) is 0 Å². The Morgan fingerprint density at radius 3 is 2.61 bits per heavy atom. The first kappa shape index (κ1) is 26.5. The number of nitrogens with zero attached hydrogens (tertiary/aromatic N) is 4. The van der Waals surface area contributed by atoms with Gasteiger partial charge in [0.05, 0.1) is 36.3 Å². The third-order valence-electron chi connectivity index (χ3n) is 7.26. The fourth-order valence-electron chi connectivity index (χ4n) is 5.08. The third kappa shape index (κ3) is 4.78. The Hall–Kier alpha value is -4.77. The van der Waals surface area contributed by atoms with Crippen molar-refractivity contribution in [2.75, 3.05) is 31.2 Å². The molecule has 3 aromatic carbocycles. The summed E-state index contributed by atoms with van der Waals surface area (Å²) in [7, 11) is -0.668. The van der Waals surface area contributed by atoms with Gasteiger partial charge in [0.25, 0.3) is 5.91 Å². The molecule has 41 heavy (non-hydrogen) atoms. The van der Waals surface area contributed by atoms with Gasteiger partial charge in [0.2, 0.25) is 10.0 Å². The van der Waals surface area contributed by atoms with E-state index in [9.17, 15) is 17.6 Å².